The summed E-state index contributed by atoms with van der Waals surface area (Å²) in [7, 11) is 0. The number of rotatable bonds is 7. The zero-order chi connectivity index (χ0) is 24.0. The molecule has 0 unspecified atom stereocenters. The zero-order valence-electron chi connectivity index (χ0n) is 19.3. The number of hydrogen-bond donors (Lipinski definition) is 1. The number of esters is 1. The van der Waals surface area contributed by atoms with E-state index in [4.69, 9.17) is 9.47 Å². The number of fused-ring (bicyclic) bond motifs is 1. The number of amides is 2. The van der Waals surface area contributed by atoms with Gasteiger partial charge in [-0.05, 0) is 30.9 Å². The van der Waals surface area contributed by atoms with E-state index in [2.05, 4.69) is 10.3 Å². The third-order valence-corrected chi connectivity index (χ3v) is 5.16. The molecule has 174 valence electrons. The fourth-order valence-electron chi connectivity index (χ4n) is 3.67. The highest BCUT2D eigenvalue weighted by Crippen LogP contribution is 2.31. The molecular formula is C25H29N3O5. The van der Waals surface area contributed by atoms with Crippen LogP contribution >= 0.6 is 0 Å². The van der Waals surface area contributed by atoms with Crippen LogP contribution in [-0.4, -0.2) is 43.0 Å². The minimum absolute atomic E-state index is 0.0365. The van der Waals surface area contributed by atoms with Crippen LogP contribution in [0.2, 0.25) is 0 Å². The molecule has 8 nitrogen and oxygen atoms in total. The Labute approximate surface area is 193 Å². The summed E-state index contributed by atoms with van der Waals surface area (Å²) in [4.78, 5) is 44.3. The van der Waals surface area contributed by atoms with E-state index in [0.717, 1.165) is 16.7 Å². The monoisotopic (exact) mass is 451 g/mol. The summed E-state index contributed by atoms with van der Waals surface area (Å²) in [6.45, 7) is 7.45. The molecular weight excluding hydrogens is 422 g/mol. The number of hydrogen-bond acceptors (Lipinski definition) is 6. The maximum Gasteiger partial charge on any atom is 0.409 e. The molecule has 0 fully saturated rings. The fraction of sp³-hybridized carbons (Fsp3) is 0.360. The fourth-order valence-corrected chi connectivity index (χ4v) is 3.67. The number of carbonyl (C=O) groups is 3. The highest BCUT2D eigenvalue weighted by Gasteiger charge is 2.35. The van der Waals surface area contributed by atoms with E-state index in [1.807, 2.05) is 69.3 Å². The molecule has 1 aliphatic heterocycles. The van der Waals surface area contributed by atoms with Crippen molar-refractivity contribution in [2.75, 3.05) is 18.1 Å². The average molecular weight is 452 g/mol. The molecule has 0 saturated carbocycles. The smallest absolute Gasteiger partial charge is 0.409 e. The van der Waals surface area contributed by atoms with Crippen LogP contribution < -0.4 is 10.2 Å². The molecule has 3 rings (SSSR count). The van der Waals surface area contributed by atoms with Gasteiger partial charge in [0.1, 0.15) is 13.2 Å². The summed E-state index contributed by atoms with van der Waals surface area (Å²) in [6.07, 6.45) is -2.02. The van der Waals surface area contributed by atoms with Gasteiger partial charge in [0.25, 0.3) is 5.91 Å². The lowest BCUT2D eigenvalue weighted by molar-refractivity contribution is -0.142. The number of nitrogens with zero attached hydrogens (tertiary/aromatic N) is 2. The molecule has 8 heteroatoms. The van der Waals surface area contributed by atoms with Gasteiger partial charge < -0.3 is 9.47 Å². The van der Waals surface area contributed by atoms with Crippen molar-refractivity contribution >= 4 is 29.4 Å². The Balaban J connectivity index is 1.92. The van der Waals surface area contributed by atoms with Crippen LogP contribution in [0.4, 0.5) is 10.5 Å². The van der Waals surface area contributed by atoms with E-state index in [1.54, 1.807) is 6.92 Å². The second kappa shape index (κ2) is 10.8. The lowest BCUT2D eigenvalue weighted by Crippen LogP contribution is -2.49. The molecule has 0 aliphatic carbocycles. The zero-order valence-corrected chi connectivity index (χ0v) is 19.3. The third kappa shape index (κ3) is 5.77. The largest absolute Gasteiger partial charge is 0.465 e. The molecule has 2 aromatic carbocycles. The quantitative estimate of drug-likeness (QED) is 0.649. The Morgan fingerprint density at radius 3 is 2.48 bits per heavy atom. The van der Waals surface area contributed by atoms with E-state index in [0.29, 0.717) is 11.4 Å². The number of aliphatic imine (C=N–C) groups is 1. The van der Waals surface area contributed by atoms with Crippen LogP contribution in [0.5, 0.6) is 0 Å². The summed E-state index contributed by atoms with van der Waals surface area (Å²) < 4.78 is 10.4. The van der Waals surface area contributed by atoms with E-state index in [-0.39, 0.29) is 25.7 Å². The van der Waals surface area contributed by atoms with Gasteiger partial charge >= 0.3 is 12.1 Å². The molecule has 0 spiro atoms. The number of ether oxygens (including phenoxy) is 2. The van der Waals surface area contributed by atoms with Crippen LogP contribution in [0.15, 0.2) is 53.5 Å². The first-order chi connectivity index (χ1) is 15.8. The molecule has 0 radical (unpaired) electrons. The van der Waals surface area contributed by atoms with Gasteiger partial charge in [0, 0.05) is 11.3 Å². The van der Waals surface area contributed by atoms with E-state index in [9.17, 15) is 14.4 Å². The van der Waals surface area contributed by atoms with Gasteiger partial charge in [-0.15, -0.1) is 0 Å². The first kappa shape index (κ1) is 24.0. The summed E-state index contributed by atoms with van der Waals surface area (Å²) in [5, 5.41) is 2.56. The standard InChI is InChI=1S/C25H29N3O5/c1-5-32-20(29)14-28-22-17(4)10-9-13-19(22)21(16(2)3)26-23(24(28)30)27-25(31)33-15-18-11-7-6-8-12-18/h6-13,16,23H,5,14-15H2,1-4H3,(H,27,31)/t23-/m1/s1. The predicted octanol–water partition coefficient (Wildman–Crippen LogP) is 3.60. The van der Waals surface area contributed by atoms with Crippen LogP contribution in [0.1, 0.15) is 37.5 Å². The van der Waals surface area contributed by atoms with Gasteiger partial charge in [0.2, 0.25) is 6.17 Å². The number of benzodiazepines with no additional fused rings is 1. The van der Waals surface area contributed by atoms with Crippen molar-refractivity contribution in [1.82, 2.24) is 5.32 Å². The van der Waals surface area contributed by atoms with Crippen molar-refractivity contribution in [3.63, 3.8) is 0 Å². The maximum atomic E-state index is 13.5. The second-order valence-electron chi connectivity index (χ2n) is 7.98. The normalized spacial score (nSPS) is 15.4. The van der Waals surface area contributed by atoms with E-state index in [1.165, 1.54) is 4.90 Å². The minimum Gasteiger partial charge on any atom is -0.465 e. The van der Waals surface area contributed by atoms with Crippen molar-refractivity contribution < 1.29 is 23.9 Å². The number of aryl methyl sites for hydroxylation is 1. The Bertz CT molecular complexity index is 1050. The second-order valence-corrected chi connectivity index (χ2v) is 7.98. The molecule has 33 heavy (non-hydrogen) atoms. The lowest BCUT2D eigenvalue weighted by Gasteiger charge is -2.26. The Hall–Kier alpha value is -3.68. The van der Waals surface area contributed by atoms with Gasteiger partial charge in [0.05, 0.1) is 12.3 Å². The summed E-state index contributed by atoms with van der Waals surface area (Å²) >= 11 is 0. The highest BCUT2D eigenvalue weighted by molar-refractivity contribution is 6.15. The van der Waals surface area contributed by atoms with Gasteiger partial charge in [-0.1, -0.05) is 62.4 Å². The highest BCUT2D eigenvalue weighted by atomic mass is 16.5. The van der Waals surface area contributed by atoms with Crippen molar-refractivity contribution in [2.24, 2.45) is 10.9 Å². The van der Waals surface area contributed by atoms with Crippen molar-refractivity contribution in [1.29, 1.82) is 0 Å². The average Bonchev–Trinajstić information content (AvgIpc) is 2.90. The van der Waals surface area contributed by atoms with Crippen LogP contribution in [0.25, 0.3) is 0 Å². The first-order valence-corrected chi connectivity index (χ1v) is 10.9. The SMILES string of the molecule is CCOC(=O)CN1C(=O)[C@@H](NC(=O)OCc2ccccc2)N=C(C(C)C)c2cccc(C)c21. The molecule has 1 atom stereocenters. The summed E-state index contributed by atoms with van der Waals surface area (Å²) in [5.41, 5.74) is 3.61. The third-order valence-electron chi connectivity index (χ3n) is 5.16. The van der Waals surface area contributed by atoms with Crippen molar-refractivity contribution in [2.45, 2.75) is 40.5 Å². The van der Waals surface area contributed by atoms with Gasteiger partial charge in [0.15, 0.2) is 0 Å². The predicted molar refractivity (Wildman–Crippen MR) is 125 cm³/mol. The molecule has 1 heterocycles. The van der Waals surface area contributed by atoms with E-state index >= 15 is 0 Å². The van der Waals surface area contributed by atoms with Crippen LogP contribution in [0, 0.1) is 12.8 Å². The van der Waals surface area contributed by atoms with Crippen molar-refractivity contribution in [3.8, 4) is 0 Å². The molecule has 0 saturated heterocycles. The Morgan fingerprint density at radius 1 is 1.09 bits per heavy atom. The Kier molecular flexibility index (Phi) is 7.82. The van der Waals surface area contributed by atoms with Gasteiger partial charge in [-0.2, -0.15) is 0 Å². The van der Waals surface area contributed by atoms with Crippen molar-refractivity contribution in [3.05, 3.63) is 65.2 Å². The number of carbonyl (C=O) groups excluding carboxylic acids is 3. The molecule has 2 aromatic rings. The summed E-state index contributed by atoms with van der Waals surface area (Å²) in [5.74, 6) is -1.12. The first-order valence-electron chi connectivity index (χ1n) is 10.9. The van der Waals surface area contributed by atoms with E-state index < -0.39 is 24.1 Å². The molecule has 2 amide bonds. The maximum absolute atomic E-state index is 13.5. The number of benzene rings is 2. The Morgan fingerprint density at radius 2 is 1.82 bits per heavy atom. The number of para-hydroxylation sites is 1. The molecule has 1 N–H and O–H groups in total. The topological polar surface area (TPSA) is 97.3 Å². The lowest BCUT2D eigenvalue weighted by atomic mass is 9.96. The van der Waals surface area contributed by atoms with Gasteiger partial charge in [-0.25, -0.2) is 4.79 Å². The number of nitrogens with one attached hydrogen (secondary N) is 1. The number of alkyl carbamates (subject to hydrolysis) is 1. The number of anilines is 1. The molecule has 1 aliphatic rings. The summed E-state index contributed by atoms with van der Waals surface area (Å²) in [6, 6.07) is 14.8. The molecule has 0 aromatic heterocycles. The van der Waals surface area contributed by atoms with Gasteiger partial charge in [-0.3, -0.25) is 24.8 Å². The minimum atomic E-state index is -1.24. The molecule has 0 bridgehead atoms. The van der Waals surface area contributed by atoms with Crippen LogP contribution in [0.3, 0.4) is 0 Å². The van der Waals surface area contributed by atoms with Crippen LogP contribution in [-0.2, 0) is 25.7 Å².